The second kappa shape index (κ2) is 9.26. The van der Waals surface area contributed by atoms with Gasteiger partial charge in [0.15, 0.2) is 0 Å². The highest BCUT2D eigenvalue weighted by molar-refractivity contribution is 6.17. The second-order valence-corrected chi connectivity index (χ2v) is 5.43. The van der Waals surface area contributed by atoms with Gasteiger partial charge in [-0.2, -0.15) is 0 Å². The lowest BCUT2D eigenvalue weighted by Crippen LogP contribution is -2.31. The van der Waals surface area contributed by atoms with E-state index in [0.29, 0.717) is 0 Å². The van der Waals surface area contributed by atoms with Gasteiger partial charge in [0.25, 0.3) is 0 Å². The third-order valence-electron chi connectivity index (χ3n) is 3.10. The minimum atomic E-state index is -0.0141. The highest BCUT2D eigenvalue weighted by Crippen LogP contribution is 2.13. The fourth-order valence-electron chi connectivity index (χ4n) is 1.71. The van der Waals surface area contributed by atoms with Crippen molar-refractivity contribution in [1.82, 2.24) is 5.32 Å². The summed E-state index contributed by atoms with van der Waals surface area (Å²) in [5.41, 5.74) is -0.0141. The van der Waals surface area contributed by atoms with Crippen molar-refractivity contribution in [2.45, 2.75) is 52.1 Å². The Labute approximate surface area is 106 Å². The van der Waals surface area contributed by atoms with Crippen molar-refractivity contribution in [2.24, 2.45) is 5.92 Å². The molecule has 0 aromatic rings. The first-order valence-electron chi connectivity index (χ1n) is 6.37. The van der Waals surface area contributed by atoms with E-state index in [2.05, 4.69) is 26.1 Å². The Hall–Kier alpha value is 0.210. The largest absolute Gasteiger partial charge is 0.379 e. The van der Waals surface area contributed by atoms with Gasteiger partial charge in [-0.25, -0.2) is 0 Å². The van der Waals surface area contributed by atoms with Gasteiger partial charge in [0.2, 0.25) is 0 Å². The van der Waals surface area contributed by atoms with E-state index in [1.807, 2.05) is 0 Å². The van der Waals surface area contributed by atoms with Crippen LogP contribution in [0.4, 0.5) is 0 Å². The zero-order valence-electron chi connectivity index (χ0n) is 11.3. The summed E-state index contributed by atoms with van der Waals surface area (Å²) < 4.78 is 5.38. The van der Waals surface area contributed by atoms with E-state index in [4.69, 9.17) is 16.3 Å². The van der Waals surface area contributed by atoms with Gasteiger partial charge in [0, 0.05) is 13.0 Å². The molecule has 1 N–H and O–H groups in total. The Morgan fingerprint density at radius 3 is 2.50 bits per heavy atom. The van der Waals surface area contributed by atoms with Crippen molar-refractivity contribution >= 4 is 11.6 Å². The van der Waals surface area contributed by atoms with Gasteiger partial charge < -0.3 is 10.1 Å². The van der Waals surface area contributed by atoms with Crippen LogP contribution in [-0.4, -0.2) is 31.7 Å². The Bertz CT molecular complexity index is 156. The molecule has 0 saturated heterocycles. The molecule has 1 atom stereocenters. The van der Waals surface area contributed by atoms with Crippen molar-refractivity contribution in [3.8, 4) is 0 Å². The molecule has 0 heterocycles. The van der Waals surface area contributed by atoms with Crippen LogP contribution in [0, 0.1) is 5.92 Å². The number of methoxy groups -OCH3 is 1. The Balaban J connectivity index is 3.61. The predicted molar refractivity (Wildman–Crippen MR) is 72.3 cm³/mol. The number of rotatable bonds is 10. The lowest BCUT2D eigenvalue weighted by atomic mass is 10.0. The van der Waals surface area contributed by atoms with Crippen molar-refractivity contribution in [2.75, 3.05) is 26.1 Å². The van der Waals surface area contributed by atoms with Crippen molar-refractivity contribution in [1.29, 1.82) is 0 Å². The van der Waals surface area contributed by atoms with Crippen LogP contribution in [0.3, 0.4) is 0 Å². The highest BCUT2D eigenvalue weighted by atomic mass is 35.5. The second-order valence-electron chi connectivity index (χ2n) is 5.05. The first-order valence-corrected chi connectivity index (χ1v) is 6.91. The molecule has 2 nitrogen and oxygen atoms in total. The average molecular weight is 250 g/mol. The number of ether oxygens (including phenoxy) is 1. The minimum absolute atomic E-state index is 0.0141. The summed E-state index contributed by atoms with van der Waals surface area (Å²) in [5, 5.41) is 3.51. The third-order valence-corrected chi connectivity index (χ3v) is 3.32. The number of hydrogen-bond donors (Lipinski definition) is 1. The van der Waals surface area contributed by atoms with Crippen LogP contribution in [0.2, 0.25) is 0 Å². The summed E-state index contributed by atoms with van der Waals surface area (Å²) in [6, 6.07) is 0. The molecule has 0 bridgehead atoms. The molecule has 0 spiro atoms. The maximum absolute atomic E-state index is 5.79. The summed E-state index contributed by atoms with van der Waals surface area (Å²) in [7, 11) is 1.77. The Morgan fingerprint density at radius 1 is 1.31 bits per heavy atom. The quantitative estimate of drug-likeness (QED) is 0.473. The van der Waals surface area contributed by atoms with Crippen molar-refractivity contribution < 1.29 is 4.74 Å². The van der Waals surface area contributed by atoms with Gasteiger partial charge in [0.1, 0.15) is 0 Å². The summed E-state index contributed by atoms with van der Waals surface area (Å²) in [6.45, 7) is 8.58. The molecule has 0 amide bonds. The summed E-state index contributed by atoms with van der Waals surface area (Å²) in [5.74, 6) is 1.50. The maximum atomic E-state index is 5.79. The van der Waals surface area contributed by atoms with E-state index in [9.17, 15) is 0 Å². The topological polar surface area (TPSA) is 21.3 Å². The monoisotopic (exact) mass is 249 g/mol. The van der Waals surface area contributed by atoms with E-state index < -0.39 is 0 Å². The van der Waals surface area contributed by atoms with E-state index in [-0.39, 0.29) is 5.60 Å². The number of halogens is 1. The standard InChI is InChI=1S/C13H28ClNO/c1-5-6-12(7-9-14)11-15-10-8-13(2,3)16-4/h12,15H,5-11H2,1-4H3. The SMILES string of the molecule is CCCC(CCCl)CNCCC(C)(C)OC. The van der Waals surface area contributed by atoms with Crippen LogP contribution in [0.25, 0.3) is 0 Å². The number of alkyl halides is 1. The van der Waals surface area contributed by atoms with Crippen LogP contribution in [0.15, 0.2) is 0 Å². The van der Waals surface area contributed by atoms with Crippen molar-refractivity contribution in [3.05, 3.63) is 0 Å². The van der Waals surface area contributed by atoms with Crippen molar-refractivity contribution in [3.63, 3.8) is 0 Å². The van der Waals surface area contributed by atoms with Gasteiger partial charge in [-0.15, -0.1) is 11.6 Å². The lowest BCUT2D eigenvalue weighted by molar-refractivity contribution is 0.0157. The Kier molecular flexibility index (Phi) is 9.38. The predicted octanol–water partition coefficient (Wildman–Crippen LogP) is 3.44. The zero-order valence-corrected chi connectivity index (χ0v) is 12.1. The van der Waals surface area contributed by atoms with E-state index in [1.165, 1.54) is 12.8 Å². The fraction of sp³-hybridized carbons (Fsp3) is 1.00. The molecule has 3 heteroatoms. The van der Waals surface area contributed by atoms with Crippen LogP contribution in [0.5, 0.6) is 0 Å². The maximum Gasteiger partial charge on any atom is 0.0634 e. The normalized spacial score (nSPS) is 14.1. The smallest absolute Gasteiger partial charge is 0.0634 e. The van der Waals surface area contributed by atoms with Gasteiger partial charge >= 0.3 is 0 Å². The highest BCUT2D eigenvalue weighted by Gasteiger charge is 2.15. The molecular weight excluding hydrogens is 222 g/mol. The first-order chi connectivity index (χ1) is 7.55. The molecule has 16 heavy (non-hydrogen) atoms. The van der Waals surface area contributed by atoms with Gasteiger partial charge in [-0.05, 0) is 52.1 Å². The van der Waals surface area contributed by atoms with Crippen LogP contribution >= 0.6 is 11.6 Å². The number of hydrogen-bond acceptors (Lipinski definition) is 2. The molecule has 0 aliphatic carbocycles. The number of nitrogens with one attached hydrogen (secondary N) is 1. The fourth-order valence-corrected chi connectivity index (χ4v) is 2.02. The van der Waals surface area contributed by atoms with Crippen LogP contribution in [0.1, 0.15) is 46.5 Å². The van der Waals surface area contributed by atoms with Gasteiger partial charge in [-0.3, -0.25) is 0 Å². The molecular formula is C13H28ClNO. The molecule has 0 aliphatic heterocycles. The van der Waals surface area contributed by atoms with Crippen LogP contribution < -0.4 is 5.32 Å². The van der Waals surface area contributed by atoms with Crippen LogP contribution in [-0.2, 0) is 4.74 Å². The molecule has 0 radical (unpaired) electrons. The van der Waals surface area contributed by atoms with Gasteiger partial charge in [-0.1, -0.05) is 13.3 Å². The molecule has 98 valence electrons. The summed E-state index contributed by atoms with van der Waals surface area (Å²) in [4.78, 5) is 0. The lowest BCUT2D eigenvalue weighted by Gasteiger charge is -2.23. The summed E-state index contributed by atoms with van der Waals surface area (Å²) >= 11 is 5.79. The third kappa shape index (κ3) is 8.37. The molecule has 1 unspecified atom stereocenters. The molecule has 0 fully saturated rings. The first kappa shape index (κ1) is 16.2. The Morgan fingerprint density at radius 2 is 2.00 bits per heavy atom. The van der Waals surface area contributed by atoms with E-state index in [0.717, 1.165) is 37.7 Å². The molecule has 0 rings (SSSR count). The average Bonchev–Trinajstić information content (AvgIpc) is 2.25. The van der Waals surface area contributed by atoms with E-state index in [1.54, 1.807) is 7.11 Å². The molecule has 0 aromatic carbocycles. The molecule has 0 aromatic heterocycles. The van der Waals surface area contributed by atoms with E-state index >= 15 is 0 Å². The van der Waals surface area contributed by atoms with Gasteiger partial charge in [0.05, 0.1) is 5.60 Å². The summed E-state index contributed by atoms with van der Waals surface area (Å²) in [6.07, 6.45) is 4.68. The molecule has 0 aliphatic rings. The molecule has 0 saturated carbocycles. The zero-order chi connectivity index (χ0) is 12.4. The minimum Gasteiger partial charge on any atom is -0.379 e.